The summed E-state index contributed by atoms with van der Waals surface area (Å²) in [6.07, 6.45) is 0. The highest BCUT2D eigenvalue weighted by molar-refractivity contribution is 6.51. The summed E-state index contributed by atoms with van der Waals surface area (Å²) in [7, 11) is 4.55. The number of benzene rings is 3. The molecule has 34 heavy (non-hydrogen) atoms. The van der Waals surface area contributed by atoms with Gasteiger partial charge in [0.15, 0.2) is 11.5 Å². The SMILES string of the molecule is COc1ccc(C2/C(=C(/O)c3ccc(OC)c(OC)c3)C(=O)C(=O)N2c2cccc(C)c2)cc1. The Morgan fingerprint density at radius 3 is 2.18 bits per heavy atom. The second-order valence-corrected chi connectivity index (χ2v) is 7.85. The number of hydrogen-bond acceptors (Lipinski definition) is 6. The van der Waals surface area contributed by atoms with E-state index in [0.29, 0.717) is 34.1 Å². The van der Waals surface area contributed by atoms with Gasteiger partial charge in [-0.25, -0.2) is 0 Å². The monoisotopic (exact) mass is 459 g/mol. The van der Waals surface area contributed by atoms with Gasteiger partial charge >= 0.3 is 0 Å². The molecule has 0 saturated carbocycles. The number of aliphatic hydroxyl groups is 1. The number of carbonyl (C=O) groups excluding carboxylic acids is 2. The van der Waals surface area contributed by atoms with Crippen molar-refractivity contribution in [3.8, 4) is 17.2 Å². The quantitative estimate of drug-likeness (QED) is 0.328. The van der Waals surface area contributed by atoms with Gasteiger partial charge in [-0.15, -0.1) is 0 Å². The molecule has 0 aliphatic carbocycles. The van der Waals surface area contributed by atoms with E-state index in [9.17, 15) is 14.7 Å². The van der Waals surface area contributed by atoms with Gasteiger partial charge in [0.1, 0.15) is 11.5 Å². The van der Waals surface area contributed by atoms with Gasteiger partial charge in [-0.05, 0) is 60.5 Å². The molecular formula is C27H25NO6. The molecule has 0 aromatic heterocycles. The average Bonchev–Trinajstić information content (AvgIpc) is 3.13. The van der Waals surface area contributed by atoms with E-state index in [1.807, 2.05) is 25.1 Å². The Balaban J connectivity index is 1.93. The van der Waals surface area contributed by atoms with Crippen LogP contribution in [0.5, 0.6) is 17.2 Å². The van der Waals surface area contributed by atoms with Crippen LogP contribution in [0.15, 0.2) is 72.3 Å². The zero-order chi connectivity index (χ0) is 24.4. The lowest BCUT2D eigenvalue weighted by Gasteiger charge is -2.26. The largest absolute Gasteiger partial charge is 0.507 e. The first-order valence-electron chi connectivity index (χ1n) is 10.6. The van der Waals surface area contributed by atoms with Crippen LogP contribution >= 0.6 is 0 Å². The van der Waals surface area contributed by atoms with Crippen molar-refractivity contribution in [3.05, 3.63) is 89.0 Å². The van der Waals surface area contributed by atoms with Gasteiger partial charge < -0.3 is 19.3 Å². The van der Waals surface area contributed by atoms with Crippen LogP contribution < -0.4 is 19.1 Å². The topological polar surface area (TPSA) is 85.3 Å². The fourth-order valence-corrected chi connectivity index (χ4v) is 4.12. The number of aryl methyl sites for hydroxylation is 1. The lowest BCUT2D eigenvalue weighted by Crippen LogP contribution is -2.29. The minimum Gasteiger partial charge on any atom is -0.507 e. The van der Waals surface area contributed by atoms with Crippen LogP contribution in [0, 0.1) is 6.92 Å². The highest BCUT2D eigenvalue weighted by Gasteiger charge is 2.47. The molecule has 0 bridgehead atoms. The van der Waals surface area contributed by atoms with E-state index >= 15 is 0 Å². The molecule has 7 heteroatoms. The summed E-state index contributed by atoms with van der Waals surface area (Å²) in [4.78, 5) is 28.0. The maximum atomic E-state index is 13.3. The van der Waals surface area contributed by atoms with Crippen LogP contribution in [0.4, 0.5) is 5.69 Å². The van der Waals surface area contributed by atoms with Crippen molar-refractivity contribution < 1.29 is 28.9 Å². The first kappa shape index (κ1) is 22.9. The van der Waals surface area contributed by atoms with Crippen LogP contribution in [-0.4, -0.2) is 38.1 Å². The molecule has 1 N–H and O–H groups in total. The maximum Gasteiger partial charge on any atom is 0.300 e. The Bertz CT molecular complexity index is 1280. The number of hydrogen-bond donors (Lipinski definition) is 1. The minimum absolute atomic E-state index is 0.0103. The molecule has 1 amide bonds. The van der Waals surface area contributed by atoms with E-state index in [-0.39, 0.29) is 11.3 Å². The van der Waals surface area contributed by atoms with E-state index in [1.165, 1.54) is 19.1 Å². The Labute approximate surface area is 197 Å². The highest BCUT2D eigenvalue weighted by Crippen LogP contribution is 2.43. The van der Waals surface area contributed by atoms with Crippen LogP contribution in [-0.2, 0) is 9.59 Å². The van der Waals surface area contributed by atoms with Crippen molar-refractivity contribution in [1.82, 2.24) is 0 Å². The number of methoxy groups -OCH3 is 3. The molecule has 0 radical (unpaired) electrons. The Kier molecular flexibility index (Phi) is 6.27. The molecule has 1 unspecified atom stereocenters. The molecule has 1 atom stereocenters. The van der Waals surface area contributed by atoms with Crippen molar-refractivity contribution in [1.29, 1.82) is 0 Å². The van der Waals surface area contributed by atoms with E-state index in [4.69, 9.17) is 14.2 Å². The van der Waals surface area contributed by atoms with Crippen molar-refractivity contribution >= 4 is 23.1 Å². The number of rotatable bonds is 6. The summed E-state index contributed by atoms with van der Waals surface area (Å²) in [6.45, 7) is 1.91. The molecule has 1 aliphatic rings. The first-order chi connectivity index (χ1) is 16.4. The molecule has 3 aromatic carbocycles. The smallest absolute Gasteiger partial charge is 0.300 e. The Morgan fingerprint density at radius 1 is 0.853 bits per heavy atom. The van der Waals surface area contributed by atoms with Crippen molar-refractivity contribution in [3.63, 3.8) is 0 Å². The van der Waals surface area contributed by atoms with E-state index < -0.39 is 17.7 Å². The number of ketones is 1. The number of anilines is 1. The van der Waals surface area contributed by atoms with Gasteiger partial charge in [-0.2, -0.15) is 0 Å². The predicted molar refractivity (Wildman–Crippen MR) is 129 cm³/mol. The molecule has 1 saturated heterocycles. The normalized spacial score (nSPS) is 17.1. The molecule has 0 spiro atoms. The van der Waals surface area contributed by atoms with E-state index in [2.05, 4.69) is 0 Å². The molecule has 1 heterocycles. The van der Waals surface area contributed by atoms with E-state index in [0.717, 1.165) is 5.56 Å². The van der Waals surface area contributed by atoms with Gasteiger partial charge in [0, 0.05) is 11.3 Å². The third-order valence-corrected chi connectivity index (χ3v) is 5.81. The van der Waals surface area contributed by atoms with Gasteiger partial charge in [0.25, 0.3) is 11.7 Å². The molecule has 7 nitrogen and oxygen atoms in total. The van der Waals surface area contributed by atoms with Gasteiger partial charge in [-0.1, -0.05) is 24.3 Å². The number of ether oxygens (including phenoxy) is 3. The standard InChI is InChI=1S/C27H25NO6/c1-16-6-5-7-19(14-16)28-24(17-8-11-20(32-2)12-9-17)23(26(30)27(28)31)25(29)18-10-13-21(33-3)22(15-18)34-4/h5-15,24,29H,1-4H3/b25-23-. The van der Waals surface area contributed by atoms with Crippen molar-refractivity contribution in [2.75, 3.05) is 26.2 Å². The molecule has 1 aliphatic heterocycles. The number of nitrogens with zero attached hydrogens (tertiary/aromatic N) is 1. The van der Waals surface area contributed by atoms with Crippen LogP contribution in [0.2, 0.25) is 0 Å². The van der Waals surface area contributed by atoms with Gasteiger partial charge in [0.05, 0.1) is 32.9 Å². The number of amides is 1. The summed E-state index contributed by atoms with van der Waals surface area (Å²) in [5, 5.41) is 11.3. The highest BCUT2D eigenvalue weighted by atomic mass is 16.5. The first-order valence-corrected chi connectivity index (χ1v) is 10.6. The average molecular weight is 459 g/mol. The second kappa shape index (κ2) is 9.31. The summed E-state index contributed by atoms with van der Waals surface area (Å²) in [5.41, 5.74) is 2.48. The minimum atomic E-state index is -0.833. The fourth-order valence-electron chi connectivity index (χ4n) is 4.12. The van der Waals surface area contributed by atoms with Gasteiger partial charge in [0.2, 0.25) is 0 Å². The number of aliphatic hydroxyl groups excluding tert-OH is 1. The van der Waals surface area contributed by atoms with E-state index in [1.54, 1.807) is 55.6 Å². The molecule has 174 valence electrons. The lowest BCUT2D eigenvalue weighted by molar-refractivity contribution is -0.132. The van der Waals surface area contributed by atoms with Crippen molar-refractivity contribution in [2.45, 2.75) is 13.0 Å². The van der Waals surface area contributed by atoms with Crippen LogP contribution in [0.25, 0.3) is 5.76 Å². The zero-order valence-corrected chi connectivity index (χ0v) is 19.4. The summed E-state index contributed by atoms with van der Waals surface area (Å²) < 4.78 is 15.9. The molecule has 1 fully saturated rings. The Hall–Kier alpha value is -4.26. The van der Waals surface area contributed by atoms with Crippen LogP contribution in [0.3, 0.4) is 0 Å². The molecule has 4 rings (SSSR count). The summed E-state index contributed by atoms with van der Waals surface area (Å²) >= 11 is 0. The number of carbonyl (C=O) groups is 2. The maximum absolute atomic E-state index is 13.3. The fraction of sp³-hybridized carbons (Fsp3) is 0.185. The van der Waals surface area contributed by atoms with Crippen molar-refractivity contribution in [2.24, 2.45) is 0 Å². The summed E-state index contributed by atoms with van der Waals surface area (Å²) in [5.74, 6) is -0.277. The molecule has 3 aromatic rings. The lowest BCUT2D eigenvalue weighted by atomic mass is 9.95. The Morgan fingerprint density at radius 2 is 1.56 bits per heavy atom. The van der Waals surface area contributed by atoms with Crippen LogP contribution in [0.1, 0.15) is 22.7 Å². The summed E-state index contributed by atoms with van der Waals surface area (Å²) in [6, 6.07) is 18.4. The second-order valence-electron chi connectivity index (χ2n) is 7.85. The number of Topliss-reactive ketones (excluding diaryl/α,β-unsaturated/α-hetero) is 1. The predicted octanol–water partition coefficient (Wildman–Crippen LogP) is 4.65. The van der Waals surface area contributed by atoms with Gasteiger partial charge in [-0.3, -0.25) is 14.5 Å². The zero-order valence-electron chi connectivity index (χ0n) is 19.4. The third kappa shape index (κ3) is 3.96. The third-order valence-electron chi connectivity index (χ3n) is 5.81. The molecular weight excluding hydrogens is 434 g/mol.